The second-order valence-corrected chi connectivity index (χ2v) is 6.74. The van der Waals surface area contributed by atoms with Crippen molar-refractivity contribution in [2.45, 2.75) is 51.1 Å². The molecule has 1 aromatic carbocycles. The van der Waals surface area contributed by atoms with Gasteiger partial charge in [0.2, 0.25) is 0 Å². The Morgan fingerprint density at radius 3 is 2.79 bits per heavy atom. The molecule has 2 atom stereocenters. The maximum absolute atomic E-state index is 5.97. The summed E-state index contributed by atoms with van der Waals surface area (Å²) in [5, 5.41) is 0. The van der Waals surface area contributed by atoms with E-state index < -0.39 is 0 Å². The number of piperidine rings is 1. The maximum Gasteiger partial charge on any atom is 0.0425 e. The van der Waals surface area contributed by atoms with E-state index in [4.69, 9.17) is 5.73 Å². The first kappa shape index (κ1) is 13.4. The lowest BCUT2D eigenvalue weighted by Crippen LogP contribution is -2.47. The second kappa shape index (κ2) is 5.84. The molecule has 1 heterocycles. The Labute approximate surface area is 124 Å². The lowest BCUT2D eigenvalue weighted by Gasteiger charge is -2.46. The first-order valence-corrected chi connectivity index (χ1v) is 8.34. The summed E-state index contributed by atoms with van der Waals surface area (Å²) in [5.41, 5.74) is 8.61. The first-order valence-electron chi connectivity index (χ1n) is 7.55. The molecule has 0 amide bonds. The number of rotatable bonds is 2. The molecular formula is C16H23BrN2. The highest BCUT2D eigenvalue weighted by atomic mass is 79.9. The topological polar surface area (TPSA) is 29.3 Å². The number of nitrogens with two attached hydrogens (primary N) is 1. The van der Waals surface area contributed by atoms with Crippen LogP contribution in [-0.2, 0) is 6.54 Å². The van der Waals surface area contributed by atoms with Crippen LogP contribution in [0.5, 0.6) is 0 Å². The molecule has 1 aliphatic carbocycles. The average molecular weight is 323 g/mol. The Kier molecular flexibility index (Phi) is 4.13. The van der Waals surface area contributed by atoms with Gasteiger partial charge in [0.05, 0.1) is 0 Å². The first-order chi connectivity index (χ1) is 9.31. The van der Waals surface area contributed by atoms with Gasteiger partial charge in [-0.1, -0.05) is 34.8 Å². The quantitative estimate of drug-likeness (QED) is 0.889. The maximum atomic E-state index is 5.97. The molecule has 0 radical (unpaired) electrons. The van der Waals surface area contributed by atoms with Crippen LogP contribution in [0.25, 0.3) is 0 Å². The van der Waals surface area contributed by atoms with Crippen LogP contribution in [0.2, 0.25) is 0 Å². The third-order valence-corrected chi connectivity index (χ3v) is 5.59. The summed E-state index contributed by atoms with van der Waals surface area (Å²) in [6.07, 6.45) is 8.36. The SMILES string of the molecule is NCc1c(Br)cccc1N1CCCC2CCCCC21. The molecule has 1 aromatic rings. The molecular weight excluding hydrogens is 300 g/mol. The van der Waals surface area contributed by atoms with Crippen LogP contribution in [0.15, 0.2) is 22.7 Å². The Hall–Kier alpha value is -0.540. The fraction of sp³-hybridized carbons (Fsp3) is 0.625. The van der Waals surface area contributed by atoms with Gasteiger partial charge in [-0.2, -0.15) is 0 Å². The van der Waals surface area contributed by atoms with E-state index in [9.17, 15) is 0 Å². The number of anilines is 1. The molecule has 2 aliphatic rings. The van der Waals surface area contributed by atoms with Crippen molar-refractivity contribution in [3.05, 3.63) is 28.2 Å². The van der Waals surface area contributed by atoms with Gasteiger partial charge in [-0.25, -0.2) is 0 Å². The molecule has 104 valence electrons. The fourth-order valence-electron chi connectivity index (χ4n) is 3.94. The van der Waals surface area contributed by atoms with Gasteiger partial charge >= 0.3 is 0 Å². The van der Waals surface area contributed by atoms with Crippen molar-refractivity contribution in [1.29, 1.82) is 0 Å². The number of fused-ring (bicyclic) bond motifs is 1. The van der Waals surface area contributed by atoms with Crippen molar-refractivity contribution in [3.8, 4) is 0 Å². The van der Waals surface area contributed by atoms with E-state index in [1.807, 2.05) is 0 Å². The molecule has 2 fully saturated rings. The summed E-state index contributed by atoms with van der Waals surface area (Å²) >= 11 is 3.66. The van der Waals surface area contributed by atoms with Crippen molar-refractivity contribution in [2.75, 3.05) is 11.4 Å². The number of hydrogen-bond acceptors (Lipinski definition) is 2. The highest BCUT2D eigenvalue weighted by Gasteiger charge is 2.34. The number of hydrogen-bond donors (Lipinski definition) is 1. The molecule has 0 spiro atoms. The van der Waals surface area contributed by atoms with E-state index in [1.165, 1.54) is 56.3 Å². The predicted molar refractivity (Wildman–Crippen MR) is 84.4 cm³/mol. The van der Waals surface area contributed by atoms with Crippen molar-refractivity contribution >= 4 is 21.6 Å². The standard InChI is InChI=1S/C16H23BrN2/c17-14-7-3-9-16(13(14)11-18)19-10-4-6-12-5-1-2-8-15(12)19/h3,7,9,12,15H,1-2,4-6,8,10-11,18H2. The second-order valence-electron chi connectivity index (χ2n) is 5.89. The zero-order valence-corrected chi connectivity index (χ0v) is 13.0. The van der Waals surface area contributed by atoms with Crippen LogP contribution >= 0.6 is 15.9 Å². The van der Waals surface area contributed by atoms with Gasteiger partial charge < -0.3 is 10.6 Å². The lowest BCUT2D eigenvalue weighted by molar-refractivity contribution is 0.243. The molecule has 1 aliphatic heterocycles. The average Bonchev–Trinajstić information content (AvgIpc) is 2.46. The Morgan fingerprint density at radius 1 is 1.16 bits per heavy atom. The van der Waals surface area contributed by atoms with E-state index in [0.717, 1.165) is 16.4 Å². The summed E-state index contributed by atoms with van der Waals surface area (Å²) in [6.45, 7) is 1.81. The molecule has 3 rings (SSSR count). The molecule has 2 nitrogen and oxygen atoms in total. The summed E-state index contributed by atoms with van der Waals surface area (Å²) in [7, 11) is 0. The van der Waals surface area contributed by atoms with E-state index in [2.05, 4.69) is 39.0 Å². The van der Waals surface area contributed by atoms with Crippen molar-refractivity contribution in [2.24, 2.45) is 11.7 Å². The van der Waals surface area contributed by atoms with Gasteiger partial charge in [0.25, 0.3) is 0 Å². The molecule has 19 heavy (non-hydrogen) atoms. The van der Waals surface area contributed by atoms with Crippen LogP contribution in [-0.4, -0.2) is 12.6 Å². The molecule has 1 saturated carbocycles. The molecule has 0 bridgehead atoms. The summed E-state index contributed by atoms with van der Waals surface area (Å²) in [6, 6.07) is 7.25. The van der Waals surface area contributed by atoms with Crippen LogP contribution in [0.1, 0.15) is 44.1 Å². The fourth-order valence-corrected chi connectivity index (χ4v) is 4.46. The summed E-state index contributed by atoms with van der Waals surface area (Å²) in [5.74, 6) is 0.909. The molecule has 2 N–H and O–H groups in total. The third kappa shape index (κ3) is 2.55. The number of benzene rings is 1. The molecule has 1 saturated heterocycles. The van der Waals surface area contributed by atoms with Gasteiger partial charge in [-0.15, -0.1) is 0 Å². The van der Waals surface area contributed by atoms with E-state index in [1.54, 1.807) is 0 Å². The minimum Gasteiger partial charge on any atom is -0.368 e. The van der Waals surface area contributed by atoms with E-state index in [0.29, 0.717) is 6.54 Å². The largest absolute Gasteiger partial charge is 0.368 e. The zero-order chi connectivity index (χ0) is 13.2. The number of nitrogens with zero attached hydrogens (tertiary/aromatic N) is 1. The zero-order valence-electron chi connectivity index (χ0n) is 11.4. The molecule has 0 aromatic heterocycles. The minimum atomic E-state index is 0.616. The van der Waals surface area contributed by atoms with Crippen LogP contribution in [0.4, 0.5) is 5.69 Å². The van der Waals surface area contributed by atoms with Crippen LogP contribution in [0, 0.1) is 5.92 Å². The minimum absolute atomic E-state index is 0.616. The van der Waals surface area contributed by atoms with Crippen LogP contribution < -0.4 is 10.6 Å². The van der Waals surface area contributed by atoms with Crippen molar-refractivity contribution < 1.29 is 0 Å². The lowest BCUT2D eigenvalue weighted by atomic mass is 9.78. The van der Waals surface area contributed by atoms with E-state index in [-0.39, 0.29) is 0 Å². The van der Waals surface area contributed by atoms with Gasteiger partial charge in [0.15, 0.2) is 0 Å². The number of halogens is 1. The van der Waals surface area contributed by atoms with Gasteiger partial charge in [-0.3, -0.25) is 0 Å². The van der Waals surface area contributed by atoms with E-state index >= 15 is 0 Å². The third-order valence-electron chi connectivity index (χ3n) is 4.85. The van der Waals surface area contributed by atoms with Gasteiger partial charge in [-0.05, 0) is 43.7 Å². The van der Waals surface area contributed by atoms with Gasteiger partial charge in [0.1, 0.15) is 0 Å². The Balaban J connectivity index is 1.94. The highest BCUT2D eigenvalue weighted by Crippen LogP contribution is 2.39. The Bertz CT molecular complexity index is 444. The highest BCUT2D eigenvalue weighted by molar-refractivity contribution is 9.10. The smallest absolute Gasteiger partial charge is 0.0425 e. The van der Waals surface area contributed by atoms with Crippen molar-refractivity contribution in [1.82, 2.24) is 0 Å². The van der Waals surface area contributed by atoms with Crippen molar-refractivity contribution in [3.63, 3.8) is 0 Å². The Morgan fingerprint density at radius 2 is 1.95 bits per heavy atom. The van der Waals surface area contributed by atoms with Crippen LogP contribution in [0.3, 0.4) is 0 Å². The summed E-state index contributed by atoms with van der Waals surface area (Å²) in [4.78, 5) is 2.65. The monoisotopic (exact) mass is 322 g/mol. The predicted octanol–water partition coefficient (Wildman–Crippen LogP) is 4.07. The summed E-state index contributed by atoms with van der Waals surface area (Å²) < 4.78 is 1.16. The molecule has 3 heteroatoms. The molecule has 2 unspecified atom stereocenters. The normalized spacial score (nSPS) is 27.2. The van der Waals surface area contributed by atoms with Gasteiger partial charge in [0, 0.05) is 34.9 Å².